The lowest BCUT2D eigenvalue weighted by atomic mass is 10.1. The molecule has 31 heavy (non-hydrogen) atoms. The molecule has 4 N–H and O–H groups in total. The zero-order chi connectivity index (χ0) is 23.1. The Labute approximate surface area is 181 Å². The number of nitrogens with two attached hydrogens (primary N) is 1. The summed E-state index contributed by atoms with van der Waals surface area (Å²) in [5.41, 5.74) is 6.71. The smallest absolute Gasteiger partial charge is 0.341 e. The lowest BCUT2D eigenvalue weighted by molar-refractivity contribution is -0.384. The highest BCUT2D eigenvalue weighted by Crippen LogP contribution is 2.33. The monoisotopic (exact) mass is 450 g/mol. The maximum Gasteiger partial charge on any atom is 0.341 e. The molecular weight excluding hydrogens is 428 g/mol. The van der Waals surface area contributed by atoms with Gasteiger partial charge in [0.25, 0.3) is 11.6 Å². The van der Waals surface area contributed by atoms with E-state index in [0.29, 0.717) is 16.8 Å². The summed E-state index contributed by atoms with van der Waals surface area (Å²) >= 11 is 0.866. The molecule has 0 aliphatic heterocycles. The van der Waals surface area contributed by atoms with Crippen molar-refractivity contribution in [1.29, 1.82) is 0 Å². The van der Waals surface area contributed by atoms with Crippen molar-refractivity contribution in [3.63, 3.8) is 0 Å². The van der Waals surface area contributed by atoms with Crippen molar-refractivity contribution in [1.82, 2.24) is 0 Å². The minimum Gasteiger partial charge on any atom is -0.460 e. The van der Waals surface area contributed by atoms with Gasteiger partial charge in [0.15, 0.2) is 0 Å². The number of methoxy groups -OCH3 is 1. The molecule has 0 spiro atoms. The van der Waals surface area contributed by atoms with E-state index in [1.165, 1.54) is 26.2 Å². The third-order valence-electron chi connectivity index (χ3n) is 4.22. The summed E-state index contributed by atoms with van der Waals surface area (Å²) in [6, 6.07) is 4.25. The van der Waals surface area contributed by atoms with Crippen LogP contribution in [0.2, 0.25) is 0 Å². The van der Waals surface area contributed by atoms with Crippen LogP contribution in [0.15, 0.2) is 18.2 Å². The Morgan fingerprint density at radius 3 is 2.55 bits per heavy atom. The number of carbonyl (C=O) groups excluding carboxylic acids is 3. The number of esters is 1. The molecule has 0 unspecified atom stereocenters. The Bertz CT molecular complexity index is 1020. The summed E-state index contributed by atoms with van der Waals surface area (Å²) in [6.45, 7) is 3.22. The number of nitrogens with zero attached hydrogens (tertiary/aromatic N) is 1. The first-order valence-electron chi connectivity index (χ1n) is 9.03. The third-order valence-corrected chi connectivity index (χ3v) is 5.44. The number of benzene rings is 1. The average Bonchev–Trinajstić information content (AvgIpc) is 3.03. The minimum atomic E-state index is -0.737. The van der Waals surface area contributed by atoms with Gasteiger partial charge in [-0.1, -0.05) is 6.07 Å². The Morgan fingerprint density at radius 1 is 1.23 bits per heavy atom. The normalized spacial score (nSPS) is 10.4. The van der Waals surface area contributed by atoms with Crippen LogP contribution in [0.5, 0.6) is 0 Å². The minimum absolute atomic E-state index is 0.00245. The van der Waals surface area contributed by atoms with E-state index in [-0.39, 0.29) is 40.9 Å². The maximum atomic E-state index is 12.5. The Hall–Kier alpha value is -3.51. The molecular formula is C19H22N4O7S. The molecule has 2 aromatic rings. The number of amides is 2. The van der Waals surface area contributed by atoms with E-state index in [9.17, 15) is 24.5 Å². The molecule has 0 saturated heterocycles. The molecule has 0 aliphatic rings. The second kappa shape index (κ2) is 10.5. The van der Waals surface area contributed by atoms with Crippen LogP contribution in [0, 0.1) is 24.0 Å². The van der Waals surface area contributed by atoms with E-state index < -0.39 is 22.7 Å². The number of carbonyl (C=O) groups is 3. The summed E-state index contributed by atoms with van der Waals surface area (Å²) in [6.07, 6.45) is 0. The fraction of sp³-hybridized carbons (Fsp3) is 0.316. The second-order valence-corrected chi connectivity index (χ2v) is 7.43. The van der Waals surface area contributed by atoms with E-state index in [1.54, 1.807) is 13.0 Å². The molecule has 0 radical (unpaired) electrons. The number of hydrogen-bond acceptors (Lipinski definition) is 9. The van der Waals surface area contributed by atoms with E-state index >= 15 is 0 Å². The van der Waals surface area contributed by atoms with Gasteiger partial charge < -0.3 is 25.8 Å². The van der Waals surface area contributed by atoms with Crippen LogP contribution >= 0.6 is 11.3 Å². The van der Waals surface area contributed by atoms with E-state index in [1.807, 2.05) is 0 Å². The maximum absolute atomic E-state index is 12.5. The summed E-state index contributed by atoms with van der Waals surface area (Å²) in [7, 11) is 1.45. The molecule has 1 aromatic carbocycles. The Morgan fingerprint density at radius 2 is 1.94 bits per heavy atom. The zero-order valence-electron chi connectivity index (χ0n) is 17.1. The summed E-state index contributed by atoms with van der Waals surface area (Å²) in [5, 5.41) is 16.5. The molecule has 166 valence electrons. The van der Waals surface area contributed by atoms with Crippen molar-refractivity contribution >= 4 is 45.5 Å². The van der Waals surface area contributed by atoms with Gasteiger partial charge >= 0.3 is 5.97 Å². The fourth-order valence-corrected chi connectivity index (χ4v) is 3.70. The van der Waals surface area contributed by atoms with Gasteiger partial charge in [0, 0.05) is 24.9 Å². The van der Waals surface area contributed by atoms with Crippen LogP contribution in [-0.2, 0) is 14.3 Å². The van der Waals surface area contributed by atoms with Crippen LogP contribution in [0.1, 0.15) is 31.2 Å². The number of ether oxygens (including phenoxy) is 2. The topological polar surface area (TPSA) is 163 Å². The van der Waals surface area contributed by atoms with Crippen molar-refractivity contribution in [2.45, 2.75) is 13.8 Å². The van der Waals surface area contributed by atoms with Crippen LogP contribution < -0.4 is 16.4 Å². The molecule has 12 heteroatoms. The van der Waals surface area contributed by atoms with Crippen LogP contribution in [-0.4, -0.2) is 49.6 Å². The predicted octanol–water partition coefficient (Wildman–Crippen LogP) is 2.23. The lowest BCUT2D eigenvalue weighted by Gasteiger charge is -2.10. The molecule has 1 heterocycles. The SMILES string of the molecule is COCCOC(=O)c1c(NC(=O)CNc2cc([N+](=O)[O-])ccc2C)sc(C(N)=O)c1C. The Balaban J connectivity index is 2.17. The van der Waals surface area contributed by atoms with E-state index in [2.05, 4.69) is 10.6 Å². The second-order valence-electron chi connectivity index (χ2n) is 6.41. The first-order valence-corrected chi connectivity index (χ1v) is 9.85. The van der Waals surface area contributed by atoms with Crippen LogP contribution in [0.25, 0.3) is 0 Å². The molecule has 0 bridgehead atoms. The van der Waals surface area contributed by atoms with Gasteiger partial charge in [0.1, 0.15) is 11.6 Å². The van der Waals surface area contributed by atoms with Crippen molar-refractivity contribution in [2.24, 2.45) is 5.73 Å². The molecule has 2 rings (SSSR count). The number of aryl methyl sites for hydroxylation is 1. The number of nitro benzene ring substituents is 1. The van der Waals surface area contributed by atoms with E-state index in [0.717, 1.165) is 11.3 Å². The average molecular weight is 450 g/mol. The Kier molecular flexibility index (Phi) is 8.05. The highest BCUT2D eigenvalue weighted by atomic mass is 32.1. The first kappa shape index (κ1) is 23.8. The molecule has 0 aliphatic carbocycles. The number of nitro groups is 1. The number of rotatable bonds is 10. The molecule has 1 aromatic heterocycles. The summed E-state index contributed by atoms with van der Waals surface area (Å²) in [4.78, 5) is 47.1. The highest BCUT2D eigenvalue weighted by Gasteiger charge is 2.26. The number of nitrogens with one attached hydrogen (secondary N) is 2. The summed E-state index contributed by atoms with van der Waals surface area (Å²) < 4.78 is 9.94. The van der Waals surface area contributed by atoms with Crippen molar-refractivity contribution in [3.8, 4) is 0 Å². The van der Waals surface area contributed by atoms with Crippen molar-refractivity contribution < 1.29 is 28.8 Å². The molecule has 0 atom stereocenters. The highest BCUT2D eigenvalue weighted by molar-refractivity contribution is 7.18. The number of anilines is 2. The van der Waals surface area contributed by atoms with Gasteiger partial charge in [-0.05, 0) is 25.0 Å². The van der Waals surface area contributed by atoms with Gasteiger partial charge in [-0.3, -0.25) is 19.7 Å². The van der Waals surface area contributed by atoms with Gasteiger partial charge in [-0.2, -0.15) is 0 Å². The van der Waals surface area contributed by atoms with E-state index in [4.69, 9.17) is 15.2 Å². The summed E-state index contributed by atoms with van der Waals surface area (Å²) in [5.74, 6) is -2.00. The predicted molar refractivity (Wildman–Crippen MR) is 115 cm³/mol. The number of hydrogen-bond donors (Lipinski definition) is 3. The quantitative estimate of drug-likeness (QED) is 0.215. The van der Waals surface area contributed by atoms with Gasteiger partial charge in [-0.15, -0.1) is 11.3 Å². The largest absolute Gasteiger partial charge is 0.460 e. The van der Waals surface area contributed by atoms with Gasteiger partial charge in [0.05, 0.1) is 28.5 Å². The molecule has 11 nitrogen and oxygen atoms in total. The number of thiophene rings is 1. The first-order chi connectivity index (χ1) is 14.6. The molecule has 0 saturated carbocycles. The zero-order valence-corrected chi connectivity index (χ0v) is 18.0. The number of primary amides is 1. The van der Waals surface area contributed by atoms with Gasteiger partial charge in [-0.25, -0.2) is 4.79 Å². The third kappa shape index (κ3) is 5.99. The van der Waals surface area contributed by atoms with Crippen LogP contribution in [0.3, 0.4) is 0 Å². The fourth-order valence-electron chi connectivity index (χ4n) is 2.63. The lowest BCUT2D eigenvalue weighted by Crippen LogP contribution is -2.23. The molecule has 0 fully saturated rings. The number of non-ortho nitro benzene ring substituents is 1. The van der Waals surface area contributed by atoms with Crippen molar-refractivity contribution in [3.05, 3.63) is 49.9 Å². The van der Waals surface area contributed by atoms with Crippen molar-refractivity contribution in [2.75, 3.05) is 37.5 Å². The van der Waals surface area contributed by atoms with Crippen LogP contribution in [0.4, 0.5) is 16.4 Å². The molecule has 2 amide bonds. The standard InChI is InChI=1S/C19H22N4O7S/c1-10-4-5-12(23(27)28)8-13(10)21-9-14(24)22-18-15(19(26)30-7-6-29-3)11(2)16(31-18)17(20)25/h4-5,8,21H,6-7,9H2,1-3H3,(H2,20,25)(H,22,24). The van der Waals surface area contributed by atoms with Gasteiger partial charge in [0.2, 0.25) is 5.91 Å².